The number of furan rings is 1. The number of aromatic nitrogens is 1. The molecule has 0 fully saturated rings. The lowest BCUT2D eigenvalue weighted by molar-refractivity contribution is 0.669. The summed E-state index contributed by atoms with van der Waals surface area (Å²) in [6, 6.07) is 69.0. The van der Waals surface area contributed by atoms with Gasteiger partial charge >= 0.3 is 0 Å². The van der Waals surface area contributed by atoms with Crippen LogP contribution in [0.2, 0.25) is 0 Å². The predicted octanol–water partition coefficient (Wildman–Crippen LogP) is 13.5. The van der Waals surface area contributed by atoms with Gasteiger partial charge in [-0.1, -0.05) is 115 Å². The summed E-state index contributed by atoms with van der Waals surface area (Å²) >= 11 is 0. The molecule has 10 rings (SSSR count). The molecule has 3 heteroatoms. The zero-order chi connectivity index (χ0) is 33.7. The van der Waals surface area contributed by atoms with Crippen molar-refractivity contribution in [1.82, 2.24) is 4.57 Å². The summed E-state index contributed by atoms with van der Waals surface area (Å²) in [6.07, 6.45) is 0. The smallest absolute Gasteiger partial charge is 0.136 e. The minimum Gasteiger partial charge on any atom is -0.456 e. The van der Waals surface area contributed by atoms with Gasteiger partial charge in [0.1, 0.15) is 11.2 Å². The fraction of sp³-hybridized carbons (Fsp3) is 0. The summed E-state index contributed by atoms with van der Waals surface area (Å²) in [6.45, 7) is 0. The van der Waals surface area contributed by atoms with E-state index in [0.717, 1.165) is 55.8 Å². The fourth-order valence-corrected chi connectivity index (χ4v) is 7.55. The number of hydrogen-bond acceptors (Lipinski definition) is 2. The second-order valence-corrected chi connectivity index (χ2v) is 13.0. The van der Waals surface area contributed by atoms with Crippen LogP contribution in [0.3, 0.4) is 0 Å². The van der Waals surface area contributed by atoms with Crippen LogP contribution in [0.4, 0.5) is 17.1 Å². The molecule has 240 valence electrons. The molecule has 0 spiro atoms. The molecule has 2 heterocycles. The van der Waals surface area contributed by atoms with E-state index >= 15 is 0 Å². The van der Waals surface area contributed by atoms with Gasteiger partial charge in [-0.05, 0) is 101 Å². The van der Waals surface area contributed by atoms with Crippen LogP contribution in [0, 0.1) is 0 Å². The first-order valence-corrected chi connectivity index (χ1v) is 17.3. The highest BCUT2D eigenvalue weighted by Gasteiger charge is 2.17. The first-order valence-electron chi connectivity index (χ1n) is 17.3. The third-order valence-corrected chi connectivity index (χ3v) is 9.98. The van der Waals surface area contributed by atoms with Crippen molar-refractivity contribution in [2.45, 2.75) is 0 Å². The summed E-state index contributed by atoms with van der Waals surface area (Å²) in [5, 5.41) is 4.69. The highest BCUT2D eigenvalue weighted by Crippen LogP contribution is 2.41. The molecule has 0 amide bonds. The molecule has 0 unspecified atom stereocenters. The molecule has 10 aromatic rings. The van der Waals surface area contributed by atoms with Crippen LogP contribution < -0.4 is 4.90 Å². The molecule has 0 aliphatic rings. The van der Waals surface area contributed by atoms with Crippen molar-refractivity contribution in [3.63, 3.8) is 0 Å². The zero-order valence-electron chi connectivity index (χ0n) is 27.8. The maximum Gasteiger partial charge on any atom is 0.136 e. The summed E-state index contributed by atoms with van der Waals surface area (Å²) in [5.41, 5.74) is 13.2. The molecular formula is C48H32N2O. The summed E-state index contributed by atoms with van der Waals surface area (Å²) in [5.74, 6) is 0. The molecule has 0 radical (unpaired) electrons. The topological polar surface area (TPSA) is 21.3 Å². The Balaban J connectivity index is 1.06. The van der Waals surface area contributed by atoms with Crippen LogP contribution in [-0.2, 0) is 0 Å². The second kappa shape index (κ2) is 11.9. The molecule has 8 aromatic carbocycles. The molecule has 0 N–H and O–H groups in total. The Morgan fingerprint density at radius 3 is 1.69 bits per heavy atom. The average molecular weight is 653 g/mol. The van der Waals surface area contributed by atoms with Gasteiger partial charge in [-0.3, -0.25) is 0 Å². The van der Waals surface area contributed by atoms with E-state index in [-0.39, 0.29) is 0 Å². The van der Waals surface area contributed by atoms with Crippen molar-refractivity contribution < 1.29 is 4.42 Å². The van der Waals surface area contributed by atoms with E-state index in [1.807, 2.05) is 0 Å². The highest BCUT2D eigenvalue weighted by molar-refractivity contribution is 6.11. The summed E-state index contributed by atoms with van der Waals surface area (Å²) < 4.78 is 8.89. The van der Waals surface area contributed by atoms with Crippen molar-refractivity contribution in [2.75, 3.05) is 4.90 Å². The second-order valence-electron chi connectivity index (χ2n) is 13.0. The lowest BCUT2D eigenvalue weighted by Gasteiger charge is -2.25. The zero-order valence-corrected chi connectivity index (χ0v) is 27.8. The number of para-hydroxylation sites is 3. The van der Waals surface area contributed by atoms with Gasteiger partial charge in [0, 0.05) is 44.3 Å². The average Bonchev–Trinajstić information content (AvgIpc) is 3.74. The van der Waals surface area contributed by atoms with Gasteiger partial charge in [0.15, 0.2) is 0 Å². The van der Waals surface area contributed by atoms with Crippen molar-refractivity contribution in [2.24, 2.45) is 0 Å². The third kappa shape index (κ3) is 4.98. The molecule has 3 nitrogen and oxygen atoms in total. The Labute approximate surface area is 295 Å². The van der Waals surface area contributed by atoms with Crippen LogP contribution in [0.25, 0.3) is 71.7 Å². The number of rotatable bonds is 6. The minimum atomic E-state index is 0.873. The van der Waals surface area contributed by atoms with E-state index in [9.17, 15) is 0 Å². The van der Waals surface area contributed by atoms with Gasteiger partial charge in [-0.2, -0.15) is 0 Å². The van der Waals surface area contributed by atoms with Gasteiger partial charge in [0.05, 0.1) is 11.0 Å². The minimum absolute atomic E-state index is 0.873. The van der Waals surface area contributed by atoms with Gasteiger partial charge in [0.25, 0.3) is 0 Å². The van der Waals surface area contributed by atoms with Gasteiger partial charge in [-0.15, -0.1) is 0 Å². The molecule has 0 bridgehead atoms. The van der Waals surface area contributed by atoms with E-state index in [0.29, 0.717) is 0 Å². The molecule has 0 saturated heterocycles. The fourth-order valence-electron chi connectivity index (χ4n) is 7.55. The van der Waals surface area contributed by atoms with Crippen molar-refractivity contribution in [1.29, 1.82) is 0 Å². The Kier molecular flexibility index (Phi) is 6.81. The molecule has 0 aliphatic heterocycles. The Morgan fingerprint density at radius 1 is 0.333 bits per heavy atom. The van der Waals surface area contributed by atoms with Crippen LogP contribution in [0.5, 0.6) is 0 Å². The maximum atomic E-state index is 6.53. The lowest BCUT2D eigenvalue weighted by Crippen LogP contribution is -2.09. The highest BCUT2D eigenvalue weighted by atomic mass is 16.3. The van der Waals surface area contributed by atoms with E-state index in [1.165, 1.54) is 32.9 Å². The number of hydrogen-bond donors (Lipinski definition) is 0. The van der Waals surface area contributed by atoms with Gasteiger partial charge < -0.3 is 13.9 Å². The molecule has 0 atom stereocenters. The van der Waals surface area contributed by atoms with E-state index in [1.54, 1.807) is 0 Å². The number of fused-ring (bicyclic) bond motifs is 6. The monoisotopic (exact) mass is 652 g/mol. The Bertz CT molecular complexity index is 2830. The third-order valence-electron chi connectivity index (χ3n) is 9.98. The molecule has 0 saturated carbocycles. The molecule has 51 heavy (non-hydrogen) atoms. The number of anilines is 3. The van der Waals surface area contributed by atoms with Crippen molar-refractivity contribution >= 4 is 60.8 Å². The Morgan fingerprint density at radius 2 is 0.902 bits per heavy atom. The van der Waals surface area contributed by atoms with Gasteiger partial charge in [-0.25, -0.2) is 0 Å². The first kappa shape index (κ1) is 29.1. The summed E-state index contributed by atoms with van der Waals surface area (Å²) in [4.78, 5) is 2.31. The van der Waals surface area contributed by atoms with Crippen LogP contribution in [0.15, 0.2) is 199 Å². The normalized spacial score (nSPS) is 11.5. The van der Waals surface area contributed by atoms with E-state index in [2.05, 4.69) is 204 Å². The summed E-state index contributed by atoms with van der Waals surface area (Å²) in [7, 11) is 0. The standard InChI is InChI=1S/C48H32N2O/c1-4-12-33(13-5-1)34-20-24-39(25-21-34)49(37-14-6-2-7-15-37)40-26-29-47-44(32-40)43-28-23-36(31-48(43)51-47)35-22-27-42-41-18-10-11-19-45(41)50(46(42)30-35)38-16-8-3-9-17-38/h1-32H. The van der Waals surface area contributed by atoms with Crippen LogP contribution in [0.1, 0.15) is 0 Å². The first-order chi connectivity index (χ1) is 25.3. The van der Waals surface area contributed by atoms with Crippen LogP contribution >= 0.6 is 0 Å². The largest absolute Gasteiger partial charge is 0.456 e. The molecular weight excluding hydrogens is 621 g/mol. The predicted molar refractivity (Wildman–Crippen MR) is 214 cm³/mol. The SMILES string of the molecule is c1ccc(-c2ccc(N(c3ccccc3)c3ccc4oc5cc(-c6ccc7c8ccccc8n(-c8ccccc8)c7c6)ccc5c4c3)cc2)cc1. The maximum absolute atomic E-state index is 6.53. The van der Waals surface area contributed by atoms with Crippen molar-refractivity contribution in [3.8, 4) is 27.9 Å². The Hall–Kier alpha value is -6.84. The molecule has 2 aromatic heterocycles. The van der Waals surface area contributed by atoms with E-state index < -0.39 is 0 Å². The number of nitrogens with zero attached hydrogens (tertiary/aromatic N) is 2. The van der Waals surface area contributed by atoms with Crippen molar-refractivity contribution in [3.05, 3.63) is 194 Å². The van der Waals surface area contributed by atoms with Crippen LogP contribution in [-0.4, -0.2) is 4.57 Å². The number of benzene rings is 8. The van der Waals surface area contributed by atoms with E-state index in [4.69, 9.17) is 4.42 Å². The lowest BCUT2D eigenvalue weighted by atomic mass is 10.0. The molecule has 0 aliphatic carbocycles. The van der Waals surface area contributed by atoms with Gasteiger partial charge in [0.2, 0.25) is 0 Å². The quantitative estimate of drug-likeness (QED) is 0.178.